The molecule has 8 heteroatoms. The summed E-state index contributed by atoms with van der Waals surface area (Å²) in [7, 11) is -2.93. The molecular weight excluding hydrogens is 314 g/mol. The molecule has 112 valence electrons. The van der Waals surface area contributed by atoms with Crippen molar-refractivity contribution in [1.82, 2.24) is 9.38 Å². The van der Waals surface area contributed by atoms with Gasteiger partial charge in [-0.3, -0.25) is 4.40 Å². The quantitative estimate of drug-likeness (QED) is 0.782. The summed E-state index contributed by atoms with van der Waals surface area (Å²) in [5, 5.41) is 2.90. The van der Waals surface area contributed by atoms with Gasteiger partial charge in [-0.2, -0.15) is 0 Å². The van der Waals surface area contributed by atoms with Crippen LogP contribution in [0.5, 0.6) is 0 Å². The topological polar surface area (TPSA) is 77.5 Å². The Kier molecular flexibility index (Phi) is 5.11. The summed E-state index contributed by atoms with van der Waals surface area (Å²) >= 11 is 3.07. The lowest BCUT2D eigenvalue weighted by molar-refractivity contribution is 0.603. The highest BCUT2D eigenvalue weighted by Gasteiger charge is 2.16. The van der Waals surface area contributed by atoms with Crippen LogP contribution in [0.15, 0.2) is 16.6 Å². The van der Waals surface area contributed by atoms with E-state index in [2.05, 4.69) is 16.3 Å². The number of sulfone groups is 1. The monoisotopic (exact) mass is 333 g/mol. The molecule has 0 aliphatic heterocycles. The molecule has 0 amide bonds. The zero-order valence-electron chi connectivity index (χ0n) is 11.6. The molecule has 0 aliphatic rings. The number of aromatic nitrogens is 2. The minimum atomic E-state index is -2.93. The number of rotatable bonds is 7. The van der Waals surface area contributed by atoms with Crippen molar-refractivity contribution in [3.05, 3.63) is 17.3 Å². The van der Waals surface area contributed by atoms with Crippen molar-refractivity contribution in [1.29, 1.82) is 0 Å². The molecule has 1 unspecified atom stereocenters. The average Bonchev–Trinajstić information content (AvgIpc) is 2.91. The maximum Gasteiger partial charge on any atom is 0.194 e. The molecule has 2 heterocycles. The molecule has 0 aliphatic carbocycles. The zero-order valence-corrected chi connectivity index (χ0v) is 14.0. The summed E-state index contributed by atoms with van der Waals surface area (Å²) in [5.41, 5.74) is 7.14. The van der Waals surface area contributed by atoms with Crippen LogP contribution in [-0.2, 0) is 16.3 Å². The Morgan fingerprint density at radius 2 is 2.30 bits per heavy atom. The van der Waals surface area contributed by atoms with E-state index in [-0.39, 0.29) is 11.8 Å². The van der Waals surface area contributed by atoms with Crippen molar-refractivity contribution in [3.63, 3.8) is 0 Å². The highest BCUT2D eigenvalue weighted by molar-refractivity contribution is 8.00. The highest BCUT2D eigenvalue weighted by atomic mass is 32.2. The maximum atomic E-state index is 11.2. The van der Waals surface area contributed by atoms with Crippen molar-refractivity contribution < 1.29 is 8.42 Å². The fraction of sp³-hybridized carbons (Fsp3) is 0.583. The summed E-state index contributed by atoms with van der Waals surface area (Å²) in [6.07, 6.45) is 4.92. The predicted octanol–water partition coefficient (Wildman–Crippen LogP) is 1.81. The molecule has 0 saturated heterocycles. The van der Waals surface area contributed by atoms with E-state index in [1.807, 2.05) is 11.6 Å². The van der Waals surface area contributed by atoms with E-state index >= 15 is 0 Å². The van der Waals surface area contributed by atoms with Gasteiger partial charge in [0.15, 0.2) is 4.96 Å². The summed E-state index contributed by atoms with van der Waals surface area (Å²) in [6.45, 7) is 2.06. The first-order valence-corrected chi connectivity index (χ1v) is 10.3. The third-order valence-electron chi connectivity index (χ3n) is 3.00. The molecule has 0 saturated carbocycles. The molecule has 2 N–H and O–H groups in total. The van der Waals surface area contributed by atoms with Crippen LogP contribution in [-0.4, -0.2) is 41.6 Å². The molecule has 0 aromatic carbocycles. The number of fused-ring (bicyclic) bond motifs is 1. The van der Waals surface area contributed by atoms with Gasteiger partial charge in [0.1, 0.15) is 14.9 Å². The molecule has 1 atom stereocenters. The Hall–Kier alpha value is -0.570. The fourth-order valence-electron chi connectivity index (χ4n) is 1.80. The number of hydrogen-bond donors (Lipinski definition) is 1. The maximum absolute atomic E-state index is 11.2. The van der Waals surface area contributed by atoms with E-state index in [9.17, 15) is 8.42 Å². The molecule has 5 nitrogen and oxygen atoms in total. The van der Waals surface area contributed by atoms with E-state index in [1.165, 1.54) is 18.0 Å². The van der Waals surface area contributed by atoms with Gasteiger partial charge in [0, 0.05) is 36.0 Å². The normalized spacial score (nSPS) is 13.9. The molecular formula is C12H19N3O2S3. The molecule has 2 aromatic heterocycles. The minimum Gasteiger partial charge on any atom is -0.327 e. The Bertz CT molecular complexity index is 675. The van der Waals surface area contributed by atoms with E-state index < -0.39 is 9.84 Å². The van der Waals surface area contributed by atoms with Crippen molar-refractivity contribution >= 4 is 37.9 Å². The lowest BCUT2D eigenvalue weighted by Crippen LogP contribution is -2.22. The molecule has 0 fully saturated rings. The Morgan fingerprint density at radius 3 is 2.95 bits per heavy atom. The first-order valence-electron chi connectivity index (χ1n) is 6.41. The minimum absolute atomic E-state index is 0.101. The van der Waals surface area contributed by atoms with Crippen molar-refractivity contribution in [2.75, 3.05) is 17.8 Å². The lowest BCUT2D eigenvalue weighted by Gasteiger charge is -2.09. The van der Waals surface area contributed by atoms with Crippen LogP contribution in [0.4, 0.5) is 0 Å². The first kappa shape index (κ1) is 15.8. The van der Waals surface area contributed by atoms with Crippen LogP contribution in [0, 0.1) is 0 Å². The second-order valence-electron chi connectivity index (χ2n) is 4.77. The van der Waals surface area contributed by atoms with Gasteiger partial charge in [-0.1, -0.05) is 6.92 Å². The number of nitrogens with two attached hydrogens (primary N) is 1. The van der Waals surface area contributed by atoms with Crippen molar-refractivity contribution in [3.8, 4) is 0 Å². The number of hydrogen-bond acceptors (Lipinski definition) is 6. The standard InChI is InChI=1S/C12H19N3O2S3/c1-3-9(13)8-10-11(18-6-7-20(2,16)17)14-12-15(10)4-5-19-12/h4-5,9H,3,6-8,13H2,1-2H3. The molecule has 2 aromatic rings. The largest absolute Gasteiger partial charge is 0.327 e. The SMILES string of the molecule is CCC(N)Cc1c(SCCS(C)(=O)=O)nc2sccn12. The van der Waals surface area contributed by atoms with Crippen LogP contribution < -0.4 is 5.73 Å². The summed E-state index contributed by atoms with van der Waals surface area (Å²) in [5.74, 6) is 0.695. The fourth-order valence-corrected chi connectivity index (χ4v) is 4.82. The van der Waals surface area contributed by atoms with Crippen LogP contribution in [0.3, 0.4) is 0 Å². The van der Waals surface area contributed by atoms with Gasteiger partial charge in [-0.25, -0.2) is 13.4 Å². The second-order valence-corrected chi connectivity index (χ2v) is 8.99. The Labute approximate surface area is 127 Å². The van der Waals surface area contributed by atoms with Crippen LogP contribution in [0.25, 0.3) is 4.96 Å². The van der Waals surface area contributed by atoms with Gasteiger partial charge in [0.25, 0.3) is 0 Å². The molecule has 20 heavy (non-hydrogen) atoms. The predicted molar refractivity (Wildman–Crippen MR) is 85.5 cm³/mol. The van der Waals surface area contributed by atoms with Gasteiger partial charge in [-0.15, -0.1) is 23.1 Å². The van der Waals surface area contributed by atoms with Gasteiger partial charge in [-0.05, 0) is 6.42 Å². The molecule has 0 spiro atoms. The third kappa shape index (κ3) is 3.97. The van der Waals surface area contributed by atoms with Gasteiger partial charge < -0.3 is 5.73 Å². The molecule has 2 rings (SSSR count). The second kappa shape index (κ2) is 6.46. The van der Waals surface area contributed by atoms with Crippen LogP contribution >= 0.6 is 23.1 Å². The smallest absolute Gasteiger partial charge is 0.194 e. The molecule has 0 bridgehead atoms. The number of nitrogens with zero attached hydrogens (tertiary/aromatic N) is 2. The van der Waals surface area contributed by atoms with Crippen LogP contribution in [0.1, 0.15) is 19.0 Å². The average molecular weight is 334 g/mol. The highest BCUT2D eigenvalue weighted by Crippen LogP contribution is 2.27. The third-order valence-corrected chi connectivity index (χ3v) is 5.97. The van der Waals surface area contributed by atoms with Gasteiger partial charge in [0.05, 0.1) is 11.4 Å². The lowest BCUT2D eigenvalue weighted by atomic mass is 10.1. The van der Waals surface area contributed by atoms with E-state index in [0.29, 0.717) is 5.75 Å². The van der Waals surface area contributed by atoms with Gasteiger partial charge >= 0.3 is 0 Å². The van der Waals surface area contributed by atoms with Gasteiger partial charge in [0.2, 0.25) is 0 Å². The van der Waals surface area contributed by atoms with Crippen molar-refractivity contribution in [2.24, 2.45) is 5.73 Å². The number of thiazole rings is 1. The summed E-state index contributed by atoms with van der Waals surface area (Å²) in [4.78, 5) is 5.51. The Morgan fingerprint density at radius 1 is 1.55 bits per heavy atom. The van der Waals surface area contributed by atoms with E-state index in [1.54, 1.807) is 11.3 Å². The van der Waals surface area contributed by atoms with E-state index in [4.69, 9.17) is 5.73 Å². The molecule has 0 radical (unpaired) electrons. The van der Waals surface area contributed by atoms with Crippen LogP contribution in [0.2, 0.25) is 0 Å². The Balaban J connectivity index is 2.18. The zero-order chi connectivity index (χ0) is 14.8. The number of thioether (sulfide) groups is 1. The summed E-state index contributed by atoms with van der Waals surface area (Å²) < 4.78 is 24.4. The van der Waals surface area contributed by atoms with E-state index in [0.717, 1.165) is 28.5 Å². The van der Waals surface area contributed by atoms with Crippen molar-refractivity contribution in [2.45, 2.75) is 30.8 Å². The summed E-state index contributed by atoms with van der Waals surface area (Å²) in [6, 6.07) is 0.101. The number of imidazole rings is 1. The first-order chi connectivity index (χ1) is 9.40.